The van der Waals surface area contributed by atoms with Gasteiger partial charge in [-0.15, -0.1) is 0 Å². The second-order valence-electron chi connectivity index (χ2n) is 2.42. The van der Waals surface area contributed by atoms with Gasteiger partial charge in [-0.3, -0.25) is 4.79 Å². The summed E-state index contributed by atoms with van der Waals surface area (Å²) in [5, 5.41) is 11.1. The van der Waals surface area contributed by atoms with E-state index in [4.69, 9.17) is 4.74 Å². The van der Waals surface area contributed by atoms with E-state index in [2.05, 4.69) is 0 Å². The summed E-state index contributed by atoms with van der Waals surface area (Å²) in [7, 11) is 1.47. The Morgan fingerprint density at radius 3 is 2.46 bits per heavy atom. The van der Waals surface area contributed by atoms with Crippen LogP contribution in [-0.4, -0.2) is 12.9 Å². The van der Waals surface area contributed by atoms with E-state index in [0.29, 0.717) is 5.75 Å². The largest absolute Gasteiger partial charge is 1.00 e. The molecule has 0 saturated heterocycles. The third-order valence-corrected chi connectivity index (χ3v) is 1.57. The van der Waals surface area contributed by atoms with E-state index < -0.39 is 0 Å². The maximum atomic E-state index is 11.1. The van der Waals surface area contributed by atoms with Crippen molar-refractivity contribution in [1.29, 1.82) is 0 Å². The Kier molecular flexibility index (Phi) is 5.83. The Balaban J connectivity index is 0.00000144. The van der Waals surface area contributed by atoms with Crippen LogP contribution in [0.2, 0.25) is 0 Å². The van der Waals surface area contributed by atoms with Gasteiger partial charge in [-0.25, -0.2) is 0 Å². The van der Waals surface area contributed by atoms with Crippen LogP contribution >= 0.6 is 0 Å². The average molecular weight is 204 g/mol. The first-order chi connectivity index (χ1) is 5.65. The smallest absolute Gasteiger partial charge is 0.872 e. The molecule has 1 aromatic rings. The molecule has 0 aliphatic carbocycles. The van der Waals surface area contributed by atoms with E-state index in [1.165, 1.54) is 26.2 Å². The van der Waals surface area contributed by atoms with Crippen LogP contribution in [-0.2, 0) is 0 Å². The number of Topliss-reactive ketones (excluding diaryl/α,β-unsaturated/α-hetero) is 1. The first-order valence-electron chi connectivity index (χ1n) is 3.51. The van der Waals surface area contributed by atoms with Crippen LogP contribution in [0.15, 0.2) is 18.2 Å². The van der Waals surface area contributed by atoms with Crippen molar-refractivity contribution in [2.45, 2.75) is 6.92 Å². The average Bonchev–Trinajstić information content (AvgIpc) is 2.03. The summed E-state index contributed by atoms with van der Waals surface area (Å²) >= 11 is 0. The first-order valence-corrected chi connectivity index (χ1v) is 3.51. The molecule has 4 heteroatoms. The number of rotatable bonds is 2. The molecule has 1 aromatic carbocycles. The Labute approximate surface area is 120 Å². The van der Waals surface area contributed by atoms with E-state index in [-0.39, 0.29) is 68.5 Å². The maximum absolute atomic E-state index is 11.1. The van der Waals surface area contributed by atoms with Crippen LogP contribution in [0.25, 0.3) is 0 Å². The molecule has 0 saturated carbocycles. The number of hydrogen-bond donors (Lipinski definition) is 0. The molecule has 0 bridgehead atoms. The second-order valence-corrected chi connectivity index (χ2v) is 2.42. The number of hydrogen-bond acceptors (Lipinski definition) is 3. The fourth-order valence-electron chi connectivity index (χ4n) is 0.920. The molecule has 64 valence electrons. The fraction of sp³-hybridized carbons (Fsp3) is 0.222. The van der Waals surface area contributed by atoms with Crippen molar-refractivity contribution in [3.8, 4) is 11.5 Å². The quantitative estimate of drug-likeness (QED) is 0.412. The van der Waals surface area contributed by atoms with Crippen molar-refractivity contribution in [1.82, 2.24) is 0 Å². The van der Waals surface area contributed by atoms with Gasteiger partial charge in [0.05, 0.1) is 7.11 Å². The molecule has 0 fully saturated rings. The predicted octanol–water partition coefficient (Wildman–Crippen LogP) is -2.02. The molecule has 0 heterocycles. The number of carbonyl (C=O) groups excluding carboxylic acids is 1. The zero-order valence-electron chi connectivity index (χ0n) is 7.96. The van der Waals surface area contributed by atoms with Crippen LogP contribution in [0.3, 0.4) is 0 Å². The zero-order chi connectivity index (χ0) is 9.14. The number of methoxy groups -OCH3 is 1. The summed E-state index contributed by atoms with van der Waals surface area (Å²) in [4.78, 5) is 10.8. The van der Waals surface area contributed by atoms with Crippen LogP contribution in [0, 0.1) is 0 Å². The molecule has 0 radical (unpaired) electrons. The summed E-state index contributed by atoms with van der Waals surface area (Å²) in [6.07, 6.45) is 0. The third-order valence-electron chi connectivity index (χ3n) is 1.57. The van der Waals surface area contributed by atoms with Gasteiger partial charge in [-0.2, -0.15) is 0 Å². The standard InChI is InChI=1S/C9H10O3.K/c1-6(10)8-4-3-7(12-2)5-9(8)11;/h3-5,11H,1-2H3;/q;+1/p-1. The Morgan fingerprint density at radius 2 is 2.08 bits per heavy atom. The molecule has 0 spiro atoms. The van der Waals surface area contributed by atoms with Crippen LogP contribution < -0.4 is 61.2 Å². The number of carbonyl (C=O) groups is 1. The molecular weight excluding hydrogens is 195 g/mol. The third kappa shape index (κ3) is 3.40. The minimum atomic E-state index is -0.290. The Morgan fingerprint density at radius 1 is 1.46 bits per heavy atom. The van der Waals surface area contributed by atoms with Crippen molar-refractivity contribution in [3.63, 3.8) is 0 Å². The van der Waals surface area contributed by atoms with Crippen molar-refractivity contribution in [3.05, 3.63) is 23.8 Å². The van der Waals surface area contributed by atoms with Crippen LogP contribution in [0.1, 0.15) is 17.3 Å². The van der Waals surface area contributed by atoms with Gasteiger partial charge >= 0.3 is 51.4 Å². The molecule has 3 nitrogen and oxygen atoms in total. The van der Waals surface area contributed by atoms with E-state index in [1.54, 1.807) is 6.07 Å². The SMILES string of the molecule is COc1ccc(C(C)=O)c([O-])c1.[K+]. The van der Waals surface area contributed by atoms with Crippen molar-refractivity contribution < 1.29 is 66.0 Å². The van der Waals surface area contributed by atoms with Crippen molar-refractivity contribution in [2.24, 2.45) is 0 Å². The summed E-state index contributed by atoms with van der Waals surface area (Å²) < 4.78 is 4.82. The first kappa shape index (κ1) is 13.1. The summed E-state index contributed by atoms with van der Waals surface area (Å²) in [5.41, 5.74) is 0.204. The second kappa shape index (κ2) is 5.77. The molecule has 13 heavy (non-hydrogen) atoms. The molecule has 1 rings (SSSR count). The van der Waals surface area contributed by atoms with Gasteiger partial charge in [0.2, 0.25) is 0 Å². The van der Waals surface area contributed by atoms with Crippen molar-refractivity contribution >= 4 is 5.78 Å². The van der Waals surface area contributed by atoms with Crippen LogP contribution in [0.4, 0.5) is 0 Å². The molecule has 0 amide bonds. The van der Waals surface area contributed by atoms with Gasteiger partial charge < -0.3 is 9.84 Å². The molecule has 0 N–H and O–H groups in total. The Hall–Kier alpha value is 0.126. The summed E-state index contributed by atoms with van der Waals surface area (Å²) in [5.74, 6) is -0.0329. The van der Waals surface area contributed by atoms with Crippen molar-refractivity contribution in [2.75, 3.05) is 7.11 Å². The molecule has 0 aromatic heterocycles. The van der Waals surface area contributed by atoms with Crippen LogP contribution in [0.5, 0.6) is 11.5 Å². The van der Waals surface area contributed by atoms with E-state index in [1.807, 2.05) is 0 Å². The van der Waals surface area contributed by atoms with Gasteiger partial charge in [0.25, 0.3) is 0 Å². The number of ether oxygens (including phenoxy) is 1. The predicted molar refractivity (Wildman–Crippen MR) is 42.4 cm³/mol. The van der Waals surface area contributed by atoms with Gasteiger partial charge in [-0.05, 0) is 25.1 Å². The molecular formula is C9H9KO3. The number of benzene rings is 1. The van der Waals surface area contributed by atoms with E-state index in [9.17, 15) is 9.90 Å². The molecule has 0 aliphatic rings. The van der Waals surface area contributed by atoms with E-state index in [0.717, 1.165) is 0 Å². The summed E-state index contributed by atoms with van der Waals surface area (Å²) in [6.45, 7) is 1.36. The van der Waals surface area contributed by atoms with E-state index >= 15 is 0 Å². The number of ketones is 1. The topological polar surface area (TPSA) is 49.4 Å². The monoisotopic (exact) mass is 204 g/mol. The molecule has 0 aliphatic heterocycles. The van der Waals surface area contributed by atoms with Gasteiger partial charge in [0, 0.05) is 5.56 Å². The molecule has 0 unspecified atom stereocenters. The maximum Gasteiger partial charge on any atom is 1.00 e. The summed E-state index contributed by atoms with van der Waals surface area (Å²) in [6, 6.07) is 4.37. The van der Waals surface area contributed by atoms with Gasteiger partial charge in [-0.1, -0.05) is 5.75 Å². The fourth-order valence-corrected chi connectivity index (χ4v) is 0.920. The van der Waals surface area contributed by atoms with Gasteiger partial charge in [0.1, 0.15) is 5.75 Å². The normalized spacial score (nSPS) is 8.77. The Bertz CT molecular complexity index is 310. The zero-order valence-corrected chi connectivity index (χ0v) is 11.1. The minimum Gasteiger partial charge on any atom is -0.872 e. The molecule has 0 atom stereocenters. The minimum absolute atomic E-state index is 0. The van der Waals surface area contributed by atoms with Gasteiger partial charge in [0.15, 0.2) is 5.78 Å².